The first-order valence-electron chi connectivity index (χ1n) is 12.2. The molecule has 0 aliphatic carbocycles. The molecular weight excluding hydrogens is 584 g/mol. The summed E-state index contributed by atoms with van der Waals surface area (Å²) in [6, 6.07) is 15.2. The van der Waals surface area contributed by atoms with Gasteiger partial charge in [-0.2, -0.15) is 18.4 Å². The van der Waals surface area contributed by atoms with Gasteiger partial charge in [0.2, 0.25) is 5.66 Å². The number of alkyl halides is 3. The van der Waals surface area contributed by atoms with Gasteiger partial charge in [0.25, 0.3) is 5.91 Å². The minimum atomic E-state index is -4.73. The summed E-state index contributed by atoms with van der Waals surface area (Å²) < 4.78 is 51.7. The minimum absolute atomic E-state index is 0.0662. The van der Waals surface area contributed by atoms with E-state index in [0.717, 1.165) is 23.1 Å². The number of nitriles is 1. The van der Waals surface area contributed by atoms with Gasteiger partial charge in [0, 0.05) is 15.6 Å². The molecule has 41 heavy (non-hydrogen) atoms. The minimum Gasteiger partial charge on any atom is -0.493 e. The number of ether oxygens (including phenoxy) is 2. The fourth-order valence-corrected chi connectivity index (χ4v) is 5.14. The number of hydrogen-bond donors (Lipinski definition) is 2. The van der Waals surface area contributed by atoms with Gasteiger partial charge in [0.1, 0.15) is 11.8 Å². The molecule has 13 heteroatoms. The molecule has 214 valence electrons. The molecule has 1 aliphatic heterocycles. The average molecular weight is 607 g/mol. The second-order valence-electron chi connectivity index (χ2n) is 8.97. The van der Waals surface area contributed by atoms with E-state index in [1.165, 1.54) is 0 Å². The smallest absolute Gasteiger partial charge is 0.416 e. The van der Waals surface area contributed by atoms with Crippen LogP contribution in [-0.2, 0) is 21.4 Å². The number of hydrogen-bond acceptors (Lipinski definition) is 6. The van der Waals surface area contributed by atoms with Gasteiger partial charge in [-0.15, -0.1) is 0 Å². The number of nitrogens with one attached hydrogen (secondary N) is 1. The molecule has 2 amide bonds. The molecule has 3 unspecified atom stereocenters. The van der Waals surface area contributed by atoms with Crippen LogP contribution in [0.2, 0.25) is 10.0 Å². The topological polar surface area (TPSA) is 118 Å². The SMILES string of the molecule is CCOc1cc(C(F)(F)F)ccc1C1(C(N)=O)NC(c2ccc(Cl)cc2)C(c2ccc(Cl)cc2)N1C(=O)OCC#N. The number of nitrogens with zero attached hydrogens (tertiary/aromatic N) is 2. The van der Waals surface area contributed by atoms with Crippen LogP contribution in [0.4, 0.5) is 18.0 Å². The van der Waals surface area contributed by atoms with Gasteiger partial charge in [0.05, 0.1) is 24.3 Å². The van der Waals surface area contributed by atoms with E-state index in [2.05, 4.69) is 5.32 Å². The number of carbonyl (C=O) groups excluding carboxylic acids is 2. The van der Waals surface area contributed by atoms with Crippen LogP contribution in [-0.4, -0.2) is 30.1 Å². The van der Waals surface area contributed by atoms with E-state index in [1.807, 2.05) is 0 Å². The summed E-state index contributed by atoms with van der Waals surface area (Å²) in [7, 11) is 0. The van der Waals surface area contributed by atoms with Crippen LogP contribution in [0.5, 0.6) is 5.75 Å². The normalized spacial score (nSPS) is 20.4. The number of rotatable bonds is 7. The van der Waals surface area contributed by atoms with Crippen LogP contribution < -0.4 is 15.8 Å². The molecule has 1 heterocycles. The van der Waals surface area contributed by atoms with E-state index in [-0.39, 0.29) is 17.9 Å². The van der Waals surface area contributed by atoms with Crippen LogP contribution in [0.1, 0.15) is 41.3 Å². The Morgan fingerprint density at radius 1 is 1.05 bits per heavy atom. The fraction of sp³-hybridized carbons (Fsp3) is 0.250. The number of primary amides is 1. The number of amides is 2. The lowest BCUT2D eigenvalue weighted by atomic mass is 9.93. The van der Waals surface area contributed by atoms with E-state index in [4.69, 9.17) is 43.7 Å². The third-order valence-electron chi connectivity index (χ3n) is 6.57. The number of carbonyl (C=O) groups is 2. The highest BCUT2D eigenvalue weighted by Crippen LogP contribution is 2.51. The van der Waals surface area contributed by atoms with E-state index in [9.17, 15) is 22.8 Å². The lowest BCUT2D eigenvalue weighted by molar-refractivity contribution is -0.137. The van der Waals surface area contributed by atoms with Crippen LogP contribution in [0.3, 0.4) is 0 Å². The van der Waals surface area contributed by atoms with Crippen LogP contribution in [0, 0.1) is 11.3 Å². The molecule has 1 aliphatic rings. The third kappa shape index (κ3) is 5.77. The molecule has 0 aromatic heterocycles. The van der Waals surface area contributed by atoms with Gasteiger partial charge in [-0.1, -0.05) is 53.5 Å². The lowest BCUT2D eigenvalue weighted by Gasteiger charge is -2.38. The van der Waals surface area contributed by atoms with Gasteiger partial charge in [-0.25, -0.2) is 4.79 Å². The quantitative estimate of drug-likeness (QED) is 0.336. The second kappa shape index (κ2) is 11.9. The van der Waals surface area contributed by atoms with E-state index in [1.54, 1.807) is 61.5 Å². The van der Waals surface area contributed by atoms with Crippen molar-refractivity contribution in [1.29, 1.82) is 5.26 Å². The highest BCUT2D eigenvalue weighted by Gasteiger charge is 2.61. The Labute approximate surface area is 243 Å². The van der Waals surface area contributed by atoms with Gasteiger partial charge in [0.15, 0.2) is 6.61 Å². The number of halogens is 5. The first-order chi connectivity index (χ1) is 19.4. The molecule has 1 saturated heterocycles. The predicted molar refractivity (Wildman–Crippen MR) is 144 cm³/mol. The molecule has 0 spiro atoms. The first kappa shape index (κ1) is 30.0. The van der Waals surface area contributed by atoms with Crippen molar-refractivity contribution >= 4 is 35.2 Å². The molecule has 3 atom stereocenters. The number of benzene rings is 3. The van der Waals surface area contributed by atoms with E-state index >= 15 is 0 Å². The molecule has 3 aromatic rings. The maximum absolute atomic E-state index is 13.7. The van der Waals surface area contributed by atoms with Gasteiger partial charge >= 0.3 is 12.3 Å². The lowest BCUT2D eigenvalue weighted by Crippen LogP contribution is -2.60. The zero-order chi connectivity index (χ0) is 29.9. The highest BCUT2D eigenvalue weighted by molar-refractivity contribution is 6.30. The summed E-state index contributed by atoms with van der Waals surface area (Å²) in [5.41, 5.74) is 3.54. The van der Waals surface area contributed by atoms with E-state index < -0.39 is 48.1 Å². The average Bonchev–Trinajstić information content (AvgIpc) is 3.29. The van der Waals surface area contributed by atoms with E-state index in [0.29, 0.717) is 21.2 Å². The molecule has 8 nitrogen and oxygen atoms in total. The van der Waals surface area contributed by atoms with Gasteiger partial charge in [-0.3, -0.25) is 15.0 Å². The Morgan fingerprint density at radius 3 is 2.15 bits per heavy atom. The van der Waals surface area contributed by atoms with Gasteiger partial charge < -0.3 is 15.2 Å². The van der Waals surface area contributed by atoms with Crippen molar-refractivity contribution < 1.29 is 32.2 Å². The Balaban J connectivity index is 2.05. The molecule has 0 radical (unpaired) electrons. The van der Waals surface area contributed by atoms with Crippen molar-refractivity contribution in [3.05, 3.63) is 99.0 Å². The zero-order valence-corrected chi connectivity index (χ0v) is 22.9. The van der Waals surface area contributed by atoms with Crippen LogP contribution in [0.15, 0.2) is 66.7 Å². The molecule has 0 saturated carbocycles. The fourth-order valence-electron chi connectivity index (χ4n) is 4.89. The summed E-state index contributed by atoms with van der Waals surface area (Å²) in [6.07, 6.45) is -5.85. The predicted octanol–water partition coefficient (Wildman–Crippen LogP) is 6.10. The summed E-state index contributed by atoms with van der Waals surface area (Å²) in [5.74, 6) is -1.47. The maximum atomic E-state index is 13.7. The molecule has 3 N–H and O–H groups in total. The van der Waals surface area contributed by atoms with Crippen molar-refractivity contribution in [2.75, 3.05) is 13.2 Å². The highest BCUT2D eigenvalue weighted by atomic mass is 35.5. The first-order valence-corrected chi connectivity index (χ1v) is 13.0. The summed E-state index contributed by atoms with van der Waals surface area (Å²) >= 11 is 12.2. The monoisotopic (exact) mass is 606 g/mol. The zero-order valence-electron chi connectivity index (χ0n) is 21.4. The molecular formula is C28H23Cl2F3N4O4. The maximum Gasteiger partial charge on any atom is 0.416 e. The van der Waals surface area contributed by atoms with Crippen LogP contribution >= 0.6 is 23.2 Å². The Hall–Kier alpha value is -3.98. The Bertz CT molecular complexity index is 1480. The molecule has 3 aromatic carbocycles. The van der Waals surface area contributed by atoms with Crippen molar-refractivity contribution in [3.8, 4) is 11.8 Å². The Kier molecular flexibility index (Phi) is 8.68. The van der Waals surface area contributed by atoms with Crippen molar-refractivity contribution in [3.63, 3.8) is 0 Å². The molecule has 1 fully saturated rings. The number of nitrogens with two attached hydrogens (primary N) is 1. The second-order valence-corrected chi connectivity index (χ2v) is 9.84. The van der Waals surface area contributed by atoms with Gasteiger partial charge in [-0.05, 0) is 54.4 Å². The third-order valence-corrected chi connectivity index (χ3v) is 7.08. The largest absolute Gasteiger partial charge is 0.493 e. The van der Waals surface area contributed by atoms with Crippen molar-refractivity contribution in [2.45, 2.75) is 30.8 Å². The van der Waals surface area contributed by atoms with Crippen molar-refractivity contribution in [2.24, 2.45) is 5.73 Å². The summed E-state index contributed by atoms with van der Waals surface area (Å²) in [5, 5.41) is 13.0. The summed E-state index contributed by atoms with van der Waals surface area (Å²) in [4.78, 5) is 28.2. The van der Waals surface area contributed by atoms with Crippen molar-refractivity contribution in [1.82, 2.24) is 10.2 Å². The Morgan fingerprint density at radius 2 is 1.63 bits per heavy atom. The summed E-state index contributed by atoms with van der Waals surface area (Å²) in [6.45, 7) is 0.812. The molecule has 0 bridgehead atoms. The molecule has 4 rings (SSSR count). The standard InChI is InChI=1S/C28H23Cl2F3N4O4/c1-2-40-22-15-18(28(31,32)33)7-12-21(22)27(25(35)38)36-23(16-3-8-19(29)9-4-16)24(17-5-10-20(30)11-6-17)37(27)26(39)41-14-13-34/h3-12,15,23-24,36H,2,14H2,1H3,(H2,35,38). The van der Waals surface area contributed by atoms with Crippen LogP contribution in [0.25, 0.3) is 0 Å².